The number of morpholine rings is 1. The first kappa shape index (κ1) is 28.5. The second kappa shape index (κ2) is 13.0. The molecule has 0 spiro atoms. The van der Waals surface area contributed by atoms with E-state index < -0.39 is 5.91 Å². The zero-order chi connectivity index (χ0) is 24.2. The van der Waals surface area contributed by atoms with Crippen molar-refractivity contribution in [3.05, 3.63) is 42.0 Å². The molecule has 37 heavy (non-hydrogen) atoms. The van der Waals surface area contributed by atoms with Crippen LogP contribution in [0.4, 0.5) is 5.69 Å². The Labute approximate surface area is 227 Å². The third-order valence-corrected chi connectivity index (χ3v) is 6.06. The molecule has 14 heteroatoms. The van der Waals surface area contributed by atoms with E-state index in [0.717, 1.165) is 49.8 Å². The van der Waals surface area contributed by atoms with E-state index >= 15 is 0 Å². The molecule has 0 atom stereocenters. The summed E-state index contributed by atoms with van der Waals surface area (Å²) in [6, 6.07) is 3.79. The molecule has 0 unspecified atom stereocenters. The van der Waals surface area contributed by atoms with Crippen molar-refractivity contribution in [1.29, 1.82) is 0 Å². The maximum atomic E-state index is 13.0. The number of halogens is 2. The van der Waals surface area contributed by atoms with Crippen LogP contribution in [0.5, 0.6) is 11.5 Å². The van der Waals surface area contributed by atoms with Gasteiger partial charge in [-0.3, -0.25) is 19.6 Å². The van der Waals surface area contributed by atoms with E-state index in [9.17, 15) is 4.79 Å². The van der Waals surface area contributed by atoms with Crippen LogP contribution in [0.25, 0.3) is 0 Å². The van der Waals surface area contributed by atoms with Gasteiger partial charge < -0.3 is 14.2 Å². The lowest BCUT2D eigenvalue weighted by molar-refractivity contribution is 0.0357. The van der Waals surface area contributed by atoms with Crippen molar-refractivity contribution in [1.82, 2.24) is 24.8 Å². The van der Waals surface area contributed by atoms with Crippen molar-refractivity contribution in [3.63, 3.8) is 0 Å². The van der Waals surface area contributed by atoms with Gasteiger partial charge >= 0.3 is 0 Å². The molecule has 3 aliphatic heterocycles. The summed E-state index contributed by atoms with van der Waals surface area (Å²) in [5.41, 5.74) is 1.58. The largest absolute Gasteiger partial charge is 0.491 e. The Morgan fingerprint density at radius 2 is 1.92 bits per heavy atom. The van der Waals surface area contributed by atoms with Gasteiger partial charge in [-0.15, -0.1) is 24.8 Å². The summed E-state index contributed by atoms with van der Waals surface area (Å²) in [5.74, 6) is 7.77. The summed E-state index contributed by atoms with van der Waals surface area (Å²) in [6.07, 6.45) is 5.05. The van der Waals surface area contributed by atoms with Crippen LogP contribution in [-0.4, -0.2) is 102 Å². The molecule has 3 aliphatic rings. The molecule has 200 valence electrons. The van der Waals surface area contributed by atoms with E-state index in [1.54, 1.807) is 7.11 Å². The number of ether oxygens (including phenoxy) is 3. The fourth-order valence-corrected chi connectivity index (χ4v) is 4.31. The Hall–Kier alpha value is -3.03. The summed E-state index contributed by atoms with van der Waals surface area (Å²) in [6.45, 7) is 6.04. The van der Waals surface area contributed by atoms with E-state index in [0.29, 0.717) is 42.7 Å². The predicted octanol–water partition coefficient (Wildman–Crippen LogP) is 1.51. The highest BCUT2D eigenvalue weighted by Gasteiger charge is 2.36. The topological polar surface area (TPSA) is 131 Å². The number of benzene rings is 1. The summed E-state index contributed by atoms with van der Waals surface area (Å²) >= 11 is 0. The van der Waals surface area contributed by atoms with Crippen LogP contribution >= 0.6 is 24.8 Å². The zero-order valence-electron chi connectivity index (χ0n) is 20.4. The van der Waals surface area contributed by atoms with Crippen LogP contribution in [0.1, 0.15) is 22.3 Å². The van der Waals surface area contributed by atoms with Gasteiger partial charge in [0.15, 0.2) is 11.5 Å². The maximum absolute atomic E-state index is 13.0. The fraction of sp³-hybridized carbons (Fsp3) is 0.435. The molecule has 0 saturated carbocycles. The van der Waals surface area contributed by atoms with Crippen LogP contribution in [0, 0.1) is 0 Å². The van der Waals surface area contributed by atoms with Gasteiger partial charge in [0.05, 0.1) is 39.0 Å². The first-order chi connectivity index (χ1) is 17.2. The second-order valence-corrected chi connectivity index (χ2v) is 8.22. The number of nitrogens with zero attached hydrogens (tertiary/aromatic N) is 7. The third kappa shape index (κ3) is 5.94. The number of aromatic nitrogens is 2. The van der Waals surface area contributed by atoms with Crippen molar-refractivity contribution in [2.24, 2.45) is 15.8 Å². The molecule has 5 rings (SSSR count). The number of nitrogens with two attached hydrogens (primary N) is 1. The van der Waals surface area contributed by atoms with Gasteiger partial charge in [0.2, 0.25) is 5.96 Å². The lowest BCUT2D eigenvalue weighted by Crippen LogP contribution is -2.53. The van der Waals surface area contributed by atoms with Crippen molar-refractivity contribution >= 4 is 48.2 Å². The van der Waals surface area contributed by atoms with Gasteiger partial charge in [0.25, 0.3) is 5.91 Å². The van der Waals surface area contributed by atoms with Crippen LogP contribution in [0.15, 0.2) is 40.8 Å². The van der Waals surface area contributed by atoms with E-state index in [-0.39, 0.29) is 36.3 Å². The molecule has 1 saturated heterocycles. The number of methoxy groups -OCH3 is 1. The average molecular weight is 553 g/mol. The SMILES string of the molecule is COc1c(OCCCN2CCOCC2)ccc2c1N=C(N(N)C(=O)c1cncnc1)N1CCN=C21.Cl.Cl. The Morgan fingerprint density at radius 3 is 2.65 bits per heavy atom. The summed E-state index contributed by atoms with van der Waals surface area (Å²) < 4.78 is 17.2. The normalized spacial score (nSPS) is 16.3. The van der Waals surface area contributed by atoms with E-state index in [2.05, 4.69) is 19.9 Å². The zero-order valence-corrected chi connectivity index (χ0v) is 22.0. The molecule has 0 bridgehead atoms. The molecular weight excluding hydrogens is 523 g/mol. The van der Waals surface area contributed by atoms with E-state index in [1.807, 2.05) is 17.0 Å². The fourth-order valence-electron chi connectivity index (χ4n) is 4.31. The molecular formula is C23H30Cl2N8O4. The van der Waals surface area contributed by atoms with Crippen molar-refractivity contribution < 1.29 is 19.0 Å². The Balaban J connectivity index is 0.00000190. The average Bonchev–Trinajstić information content (AvgIpc) is 3.41. The lowest BCUT2D eigenvalue weighted by atomic mass is 10.1. The molecule has 1 amide bonds. The van der Waals surface area contributed by atoms with Gasteiger partial charge in [-0.1, -0.05) is 0 Å². The first-order valence-electron chi connectivity index (χ1n) is 11.6. The highest BCUT2D eigenvalue weighted by Crippen LogP contribution is 2.43. The van der Waals surface area contributed by atoms with Crippen molar-refractivity contribution in [3.8, 4) is 11.5 Å². The number of aliphatic imine (C=N–C) groups is 2. The van der Waals surface area contributed by atoms with E-state index in [1.165, 1.54) is 18.7 Å². The smallest absolute Gasteiger partial charge is 0.278 e. The number of rotatable bonds is 7. The Kier molecular flexibility index (Phi) is 10.0. The van der Waals surface area contributed by atoms with Crippen LogP contribution in [0.3, 0.4) is 0 Å². The number of amides is 1. The molecule has 2 N–H and O–H groups in total. The van der Waals surface area contributed by atoms with Crippen molar-refractivity contribution in [2.75, 3.05) is 59.7 Å². The molecule has 0 aliphatic carbocycles. The van der Waals surface area contributed by atoms with Gasteiger partial charge in [-0.05, 0) is 18.6 Å². The van der Waals surface area contributed by atoms with E-state index in [4.69, 9.17) is 25.0 Å². The Bertz CT molecular complexity index is 1150. The standard InChI is InChI=1S/C23H28N8O4.2ClH/c1-33-20-18(35-10-2-6-29-8-11-34-12-9-29)4-3-17-19(20)28-23(30-7-5-27-21(17)30)31(24)22(32)16-13-25-15-26-14-16;;/h3-4,13-15H,2,5-12,24H2,1H3;2*1H. The highest BCUT2D eigenvalue weighted by molar-refractivity contribution is 6.19. The number of hydrazine groups is 1. The molecule has 1 aromatic carbocycles. The van der Waals surface area contributed by atoms with Crippen LogP contribution in [-0.2, 0) is 4.74 Å². The summed E-state index contributed by atoms with van der Waals surface area (Å²) in [5, 5.41) is 0.998. The monoisotopic (exact) mass is 552 g/mol. The maximum Gasteiger partial charge on any atom is 0.278 e. The molecule has 2 aromatic rings. The lowest BCUT2D eigenvalue weighted by Gasteiger charge is -2.32. The minimum atomic E-state index is -0.478. The van der Waals surface area contributed by atoms with Gasteiger partial charge in [0.1, 0.15) is 17.9 Å². The highest BCUT2D eigenvalue weighted by atomic mass is 35.5. The second-order valence-electron chi connectivity index (χ2n) is 8.22. The van der Waals surface area contributed by atoms with Crippen LogP contribution < -0.4 is 15.3 Å². The summed E-state index contributed by atoms with van der Waals surface area (Å²) in [4.78, 5) is 34.3. The number of amidine groups is 1. The molecule has 4 heterocycles. The minimum absolute atomic E-state index is 0. The van der Waals surface area contributed by atoms with Crippen molar-refractivity contribution in [2.45, 2.75) is 6.42 Å². The molecule has 12 nitrogen and oxygen atoms in total. The number of hydrogen-bond donors (Lipinski definition) is 1. The third-order valence-electron chi connectivity index (χ3n) is 6.06. The van der Waals surface area contributed by atoms with Gasteiger partial charge in [-0.2, -0.15) is 0 Å². The number of guanidine groups is 1. The predicted molar refractivity (Wildman–Crippen MR) is 142 cm³/mol. The minimum Gasteiger partial charge on any atom is -0.491 e. The van der Waals surface area contributed by atoms with Gasteiger partial charge in [0, 0.05) is 44.1 Å². The molecule has 1 fully saturated rings. The van der Waals surface area contributed by atoms with Gasteiger partial charge in [-0.25, -0.2) is 25.8 Å². The number of carbonyl (C=O) groups excluding carboxylic acids is 1. The Morgan fingerprint density at radius 1 is 1.16 bits per heavy atom. The number of hydrogen-bond acceptors (Lipinski definition) is 11. The quantitative estimate of drug-likeness (QED) is 0.235. The number of carbonyl (C=O) groups is 1. The van der Waals surface area contributed by atoms with Crippen LogP contribution in [0.2, 0.25) is 0 Å². The summed E-state index contributed by atoms with van der Waals surface area (Å²) in [7, 11) is 1.57. The molecule has 0 radical (unpaired) electrons. The molecule has 1 aromatic heterocycles. The number of fused-ring (bicyclic) bond motifs is 3. The first-order valence-corrected chi connectivity index (χ1v) is 11.6.